The number of nitrogens with zero attached hydrogens (tertiary/aromatic N) is 3. The molecule has 1 rings (SSSR count). The van der Waals surface area contributed by atoms with Gasteiger partial charge in [-0.2, -0.15) is 4.98 Å². The van der Waals surface area contributed by atoms with Gasteiger partial charge in [-0.05, 0) is 13.3 Å². The normalized spacial score (nSPS) is 10.0. The highest BCUT2D eigenvalue weighted by atomic mass is 16.5. The molecule has 1 aromatic rings. The minimum absolute atomic E-state index is 0.148. The van der Waals surface area contributed by atoms with Gasteiger partial charge in [-0.1, -0.05) is 0 Å². The molecule has 0 aliphatic heterocycles. The van der Waals surface area contributed by atoms with Crippen molar-refractivity contribution in [1.82, 2.24) is 9.97 Å². The fourth-order valence-corrected chi connectivity index (χ4v) is 1.31. The highest BCUT2D eigenvalue weighted by Gasteiger charge is 2.06. The lowest BCUT2D eigenvalue weighted by atomic mass is 10.3. The average molecular weight is 239 g/mol. The molecule has 0 saturated carbocycles. The van der Waals surface area contributed by atoms with E-state index in [-0.39, 0.29) is 6.42 Å². The standard InChI is InChI=1S/C11H17N3O3/c1-3-17-9-6-7-12-11(13-9)14(2)8-4-5-10(15)16/h6-7H,3-5,8H2,1-2H3,(H,15,16). The predicted octanol–water partition coefficient (Wildman–Crippen LogP) is 1.18. The largest absolute Gasteiger partial charge is 0.481 e. The quantitative estimate of drug-likeness (QED) is 0.770. The number of aliphatic carboxylic acids is 1. The lowest BCUT2D eigenvalue weighted by Crippen LogP contribution is -2.21. The maximum absolute atomic E-state index is 10.4. The van der Waals surface area contributed by atoms with E-state index in [0.717, 1.165) is 0 Å². The molecule has 0 amide bonds. The molecule has 0 atom stereocenters. The fourth-order valence-electron chi connectivity index (χ4n) is 1.31. The Kier molecular flexibility index (Phi) is 5.19. The summed E-state index contributed by atoms with van der Waals surface area (Å²) in [6.45, 7) is 3.04. The van der Waals surface area contributed by atoms with E-state index in [9.17, 15) is 4.79 Å². The van der Waals surface area contributed by atoms with Crippen LogP contribution >= 0.6 is 0 Å². The van der Waals surface area contributed by atoms with Gasteiger partial charge in [0, 0.05) is 32.3 Å². The molecule has 6 nitrogen and oxygen atoms in total. The zero-order chi connectivity index (χ0) is 12.7. The number of carboxylic acids is 1. The van der Waals surface area contributed by atoms with Crippen molar-refractivity contribution < 1.29 is 14.6 Å². The van der Waals surface area contributed by atoms with Crippen LogP contribution in [0, 0.1) is 0 Å². The van der Waals surface area contributed by atoms with E-state index in [4.69, 9.17) is 9.84 Å². The van der Waals surface area contributed by atoms with Crippen molar-refractivity contribution in [3.8, 4) is 5.88 Å². The van der Waals surface area contributed by atoms with Gasteiger partial charge in [-0.25, -0.2) is 4.98 Å². The van der Waals surface area contributed by atoms with Crippen LogP contribution < -0.4 is 9.64 Å². The first-order valence-electron chi connectivity index (χ1n) is 5.52. The monoisotopic (exact) mass is 239 g/mol. The van der Waals surface area contributed by atoms with E-state index in [1.807, 2.05) is 18.9 Å². The Morgan fingerprint density at radius 3 is 3.00 bits per heavy atom. The summed E-state index contributed by atoms with van der Waals surface area (Å²) in [5, 5.41) is 8.54. The lowest BCUT2D eigenvalue weighted by molar-refractivity contribution is -0.137. The van der Waals surface area contributed by atoms with Crippen LogP contribution in [0.15, 0.2) is 12.3 Å². The minimum atomic E-state index is -0.789. The van der Waals surface area contributed by atoms with Crippen LogP contribution in [0.25, 0.3) is 0 Å². The molecule has 0 spiro atoms. The molecule has 0 radical (unpaired) electrons. The van der Waals surface area contributed by atoms with Crippen molar-refractivity contribution >= 4 is 11.9 Å². The summed E-state index contributed by atoms with van der Waals surface area (Å²) < 4.78 is 5.27. The molecule has 6 heteroatoms. The van der Waals surface area contributed by atoms with E-state index in [0.29, 0.717) is 31.4 Å². The van der Waals surface area contributed by atoms with E-state index in [1.165, 1.54) is 0 Å². The first-order chi connectivity index (χ1) is 8.13. The van der Waals surface area contributed by atoms with Crippen molar-refractivity contribution in [1.29, 1.82) is 0 Å². The highest BCUT2D eigenvalue weighted by Crippen LogP contribution is 2.11. The number of hydrogen-bond acceptors (Lipinski definition) is 5. The third-order valence-electron chi connectivity index (χ3n) is 2.14. The number of hydrogen-bond donors (Lipinski definition) is 1. The van der Waals surface area contributed by atoms with Crippen LogP contribution in [-0.2, 0) is 4.79 Å². The van der Waals surface area contributed by atoms with E-state index >= 15 is 0 Å². The summed E-state index contributed by atoms with van der Waals surface area (Å²) in [5.41, 5.74) is 0. The van der Waals surface area contributed by atoms with Crippen LogP contribution in [0.4, 0.5) is 5.95 Å². The highest BCUT2D eigenvalue weighted by molar-refractivity contribution is 5.66. The maximum Gasteiger partial charge on any atom is 0.303 e. The molecule has 94 valence electrons. The van der Waals surface area contributed by atoms with Crippen molar-refractivity contribution in [2.45, 2.75) is 19.8 Å². The van der Waals surface area contributed by atoms with Gasteiger partial charge < -0.3 is 14.7 Å². The minimum Gasteiger partial charge on any atom is -0.481 e. The van der Waals surface area contributed by atoms with Gasteiger partial charge in [0.25, 0.3) is 0 Å². The molecule has 1 N–H and O–H groups in total. The summed E-state index contributed by atoms with van der Waals surface area (Å²) in [6, 6.07) is 1.69. The Bertz CT molecular complexity index is 371. The Hall–Kier alpha value is -1.85. The summed E-state index contributed by atoms with van der Waals surface area (Å²) in [4.78, 5) is 20.5. The van der Waals surface area contributed by atoms with Gasteiger partial charge in [0.05, 0.1) is 6.61 Å². The molecule has 0 aliphatic carbocycles. The van der Waals surface area contributed by atoms with Gasteiger partial charge in [0.2, 0.25) is 11.8 Å². The second kappa shape index (κ2) is 6.67. The topological polar surface area (TPSA) is 75.5 Å². The van der Waals surface area contributed by atoms with Crippen LogP contribution in [0.1, 0.15) is 19.8 Å². The SMILES string of the molecule is CCOc1ccnc(N(C)CCCC(=O)O)n1. The van der Waals surface area contributed by atoms with E-state index in [2.05, 4.69) is 9.97 Å². The Morgan fingerprint density at radius 1 is 1.59 bits per heavy atom. The molecule has 1 aromatic heterocycles. The van der Waals surface area contributed by atoms with Gasteiger partial charge in [-0.3, -0.25) is 4.79 Å². The number of aromatic nitrogens is 2. The summed E-state index contributed by atoms with van der Waals surface area (Å²) >= 11 is 0. The van der Waals surface area contributed by atoms with Gasteiger partial charge >= 0.3 is 5.97 Å². The molecule has 1 heterocycles. The molecule has 0 aliphatic rings. The molecule has 0 aromatic carbocycles. The van der Waals surface area contributed by atoms with Crippen LogP contribution in [0.3, 0.4) is 0 Å². The molecule has 0 fully saturated rings. The number of carboxylic acid groups (broad SMARTS) is 1. The van der Waals surface area contributed by atoms with Crippen LogP contribution in [-0.4, -0.2) is 41.2 Å². The first kappa shape index (κ1) is 13.2. The van der Waals surface area contributed by atoms with Crippen molar-refractivity contribution in [2.24, 2.45) is 0 Å². The van der Waals surface area contributed by atoms with Crippen molar-refractivity contribution in [3.05, 3.63) is 12.3 Å². The third kappa shape index (κ3) is 4.67. The van der Waals surface area contributed by atoms with E-state index in [1.54, 1.807) is 12.3 Å². The van der Waals surface area contributed by atoms with E-state index < -0.39 is 5.97 Å². The molecular weight excluding hydrogens is 222 g/mol. The average Bonchev–Trinajstić information content (AvgIpc) is 2.29. The first-order valence-corrected chi connectivity index (χ1v) is 5.52. The van der Waals surface area contributed by atoms with Crippen LogP contribution in [0.5, 0.6) is 5.88 Å². The summed E-state index contributed by atoms with van der Waals surface area (Å²) in [5.74, 6) is 0.284. The second-order valence-electron chi connectivity index (χ2n) is 3.55. The summed E-state index contributed by atoms with van der Waals surface area (Å²) in [7, 11) is 1.83. The Balaban J connectivity index is 2.52. The molecule has 0 unspecified atom stereocenters. The van der Waals surface area contributed by atoms with Crippen LogP contribution in [0.2, 0.25) is 0 Å². The zero-order valence-corrected chi connectivity index (χ0v) is 10.1. The van der Waals surface area contributed by atoms with Gasteiger partial charge in [0.15, 0.2) is 0 Å². The number of ether oxygens (including phenoxy) is 1. The number of anilines is 1. The molecule has 0 saturated heterocycles. The lowest BCUT2D eigenvalue weighted by Gasteiger charge is -2.16. The predicted molar refractivity (Wildman–Crippen MR) is 63.3 cm³/mol. The van der Waals surface area contributed by atoms with Gasteiger partial charge in [-0.15, -0.1) is 0 Å². The van der Waals surface area contributed by atoms with Crippen molar-refractivity contribution in [3.63, 3.8) is 0 Å². The molecular formula is C11H17N3O3. The molecule has 17 heavy (non-hydrogen) atoms. The summed E-state index contributed by atoms with van der Waals surface area (Å²) in [6.07, 6.45) is 2.34. The number of carbonyl (C=O) groups is 1. The third-order valence-corrected chi connectivity index (χ3v) is 2.14. The van der Waals surface area contributed by atoms with Gasteiger partial charge in [0.1, 0.15) is 0 Å². The zero-order valence-electron chi connectivity index (χ0n) is 10.1. The smallest absolute Gasteiger partial charge is 0.303 e. The number of rotatable bonds is 7. The Labute approximate surface area is 100 Å². The Morgan fingerprint density at radius 2 is 2.35 bits per heavy atom. The second-order valence-corrected chi connectivity index (χ2v) is 3.55. The fraction of sp³-hybridized carbons (Fsp3) is 0.545. The molecule has 0 bridgehead atoms. The van der Waals surface area contributed by atoms with Crippen molar-refractivity contribution in [2.75, 3.05) is 25.1 Å². The maximum atomic E-state index is 10.4.